The second-order valence-corrected chi connectivity index (χ2v) is 7.80. The smallest absolute Gasteiger partial charge is 0.227 e. The third-order valence-corrected chi connectivity index (χ3v) is 5.90. The fourth-order valence-electron chi connectivity index (χ4n) is 2.84. The maximum Gasteiger partial charge on any atom is 0.269 e. The second kappa shape index (κ2) is 6.07. The molecule has 4 aromatic rings. The standard InChI is InChI=1S/C20H15FN2O2S/c1-14-6-12-17(13-7-14)26(24,25)23-19-5-3-2-4-18(19)22-20(23)15-8-10-16(21)11-9-15/h2-13H,1H3. The van der Waals surface area contributed by atoms with Gasteiger partial charge in [-0.15, -0.1) is 0 Å². The lowest BCUT2D eigenvalue weighted by atomic mass is 10.2. The highest BCUT2D eigenvalue weighted by Crippen LogP contribution is 2.29. The predicted molar refractivity (Wildman–Crippen MR) is 98.9 cm³/mol. The minimum Gasteiger partial charge on any atom is -0.227 e. The maximum absolute atomic E-state index is 13.3. The van der Waals surface area contributed by atoms with E-state index in [1.54, 1.807) is 48.5 Å². The molecule has 0 aliphatic carbocycles. The van der Waals surface area contributed by atoms with E-state index in [1.165, 1.54) is 28.2 Å². The molecule has 0 amide bonds. The van der Waals surface area contributed by atoms with Gasteiger partial charge in [0.05, 0.1) is 15.9 Å². The molecule has 0 bridgehead atoms. The zero-order valence-electron chi connectivity index (χ0n) is 13.9. The van der Waals surface area contributed by atoms with Crippen LogP contribution in [0.15, 0.2) is 77.7 Å². The van der Waals surface area contributed by atoms with Crippen LogP contribution in [0, 0.1) is 12.7 Å². The van der Waals surface area contributed by atoms with Crippen molar-refractivity contribution in [2.75, 3.05) is 0 Å². The van der Waals surface area contributed by atoms with Crippen molar-refractivity contribution in [3.05, 3.63) is 84.2 Å². The summed E-state index contributed by atoms with van der Waals surface area (Å²) in [5.41, 5.74) is 2.53. The molecule has 6 heteroatoms. The van der Waals surface area contributed by atoms with Crippen LogP contribution in [0.5, 0.6) is 0 Å². The second-order valence-electron chi connectivity index (χ2n) is 6.01. The molecule has 4 rings (SSSR count). The average molecular weight is 366 g/mol. The minimum absolute atomic E-state index is 0.176. The Hall–Kier alpha value is -2.99. The zero-order valence-corrected chi connectivity index (χ0v) is 14.7. The van der Waals surface area contributed by atoms with Gasteiger partial charge in [-0.3, -0.25) is 0 Å². The van der Waals surface area contributed by atoms with Crippen molar-refractivity contribution in [2.45, 2.75) is 11.8 Å². The first-order chi connectivity index (χ1) is 12.5. The van der Waals surface area contributed by atoms with Crippen molar-refractivity contribution in [2.24, 2.45) is 0 Å². The van der Waals surface area contributed by atoms with Crippen LogP contribution in [0.2, 0.25) is 0 Å². The van der Waals surface area contributed by atoms with Crippen LogP contribution >= 0.6 is 0 Å². The lowest BCUT2D eigenvalue weighted by Crippen LogP contribution is -2.14. The molecule has 0 saturated heterocycles. The van der Waals surface area contributed by atoms with Gasteiger partial charge >= 0.3 is 0 Å². The summed E-state index contributed by atoms with van der Waals surface area (Å²) >= 11 is 0. The van der Waals surface area contributed by atoms with Gasteiger partial charge in [0.2, 0.25) is 0 Å². The number of hydrogen-bond donors (Lipinski definition) is 0. The Morgan fingerprint density at radius 2 is 1.54 bits per heavy atom. The molecular weight excluding hydrogens is 351 g/mol. The van der Waals surface area contributed by atoms with Gasteiger partial charge in [0, 0.05) is 5.56 Å². The van der Waals surface area contributed by atoms with Crippen molar-refractivity contribution in [3.63, 3.8) is 0 Å². The van der Waals surface area contributed by atoms with Crippen LogP contribution in [-0.2, 0) is 10.0 Å². The molecule has 3 aromatic carbocycles. The molecule has 0 atom stereocenters. The minimum atomic E-state index is -3.87. The summed E-state index contributed by atoms with van der Waals surface area (Å²) in [7, 11) is -3.87. The highest BCUT2D eigenvalue weighted by molar-refractivity contribution is 7.90. The molecule has 0 N–H and O–H groups in total. The summed E-state index contributed by atoms with van der Waals surface area (Å²) < 4.78 is 41.2. The summed E-state index contributed by atoms with van der Waals surface area (Å²) in [6.07, 6.45) is 0. The Morgan fingerprint density at radius 1 is 0.885 bits per heavy atom. The fraction of sp³-hybridized carbons (Fsp3) is 0.0500. The van der Waals surface area contributed by atoms with Gasteiger partial charge in [-0.1, -0.05) is 29.8 Å². The Balaban J connectivity index is 2.03. The van der Waals surface area contributed by atoms with Crippen LogP contribution < -0.4 is 0 Å². The van der Waals surface area contributed by atoms with Gasteiger partial charge in [-0.2, -0.15) is 0 Å². The van der Waals surface area contributed by atoms with E-state index in [2.05, 4.69) is 4.98 Å². The SMILES string of the molecule is Cc1ccc(S(=O)(=O)n2c(-c3ccc(F)cc3)nc3ccccc32)cc1. The molecule has 0 spiro atoms. The lowest BCUT2D eigenvalue weighted by Gasteiger charge is -2.11. The highest BCUT2D eigenvalue weighted by atomic mass is 32.2. The Bertz CT molecular complexity index is 1200. The van der Waals surface area contributed by atoms with E-state index in [4.69, 9.17) is 0 Å². The first kappa shape index (κ1) is 16.5. The number of hydrogen-bond acceptors (Lipinski definition) is 3. The van der Waals surface area contributed by atoms with Gasteiger partial charge in [0.1, 0.15) is 5.82 Å². The summed E-state index contributed by atoms with van der Waals surface area (Å²) in [6.45, 7) is 1.90. The van der Waals surface area contributed by atoms with Crippen LogP contribution in [-0.4, -0.2) is 17.4 Å². The van der Waals surface area contributed by atoms with Crippen molar-refractivity contribution in [1.82, 2.24) is 8.96 Å². The normalized spacial score (nSPS) is 11.8. The summed E-state index contributed by atoms with van der Waals surface area (Å²) in [5, 5.41) is 0. The number of para-hydroxylation sites is 2. The molecule has 1 heterocycles. The first-order valence-electron chi connectivity index (χ1n) is 8.02. The Morgan fingerprint density at radius 3 is 2.23 bits per heavy atom. The van der Waals surface area contributed by atoms with Crippen LogP contribution in [0.4, 0.5) is 4.39 Å². The predicted octanol–water partition coefficient (Wildman–Crippen LogP) is 4.39. The van der Waals surface area contributed by atoms with E-state index in [0.29, 0.717) is 16.6 Å². The topological polar surface area (TPSA) is 52.0 Å². The van der Waals surface area contributed by atoms with Crippen LogP contribution in [0.3, 0.4) is 0 Å². The fourth-order valence-corrected chi connectivity index (χ4v) is 4.32. The van der Waals surface area contributed by atoms with Gasteiger partial charge in [-0.25, -0.2) is 21.8 Å². The Labute approximate surface area is 150 Å². The number of fused-ring (bicyclic) bond motifs is 1. The monoisotopic (exact) mass is 366 g/mol. The molecule has 0 fully saturated rings. The maximum atomic E-state index is 13.3. The summed E-state index contributed by atoms with van der Waals surface area (Å²) in [5.74, 6) is -0.135. The number of aryl methyl sites for hydroxylation is 1. The number of aromatic nitrogens is 2. The molecule has 1 aromatic heterocycles. The molecule has 0 aliphatic heterocycles. The van der Waals surface area contributed by atoms with Gasteiger partial charge < -0.3 is 0 Å². The van der Waals surface area contributed by atoms with Crippen molar-refractivity contribution >= 4 is 21.1 Å². The van der Waals surface area contributed by atoms with Crippen LogP contribution in [0.25, 0.3) is 22.4 Å². The number of nitrogens with zero attached hydrogens (tertiary/aromatic N) is 2. The third-order valence-electron chi connectivity index (χ3n) is 4.18. The van der Waals surface area contributed by atoms with Gasteiger partial charge in [0.15, 0.2) is 5.82 Å². The van der Waals surface area contributed by atoms with E-state index in [9.17, 15) is 12.8 Å². The number of rotatable bonds is 3. The number of imidazole rings is 1. The third kappa shape index (κ3) is 2.68. The number of benzene rings is 3. The van der Waals surface area contributed by atoms with Gasteiger partial charge in [0.25, 0.3) is 10.0 Å². The van der Waals surface area contributed by atoms with Gasteiger partial charge in [-0.05, 0) is 55.5 Å². The zero-order chi connectivity index (χ0) is 18.3. The molecule has 4 nitrogen and oxygen atoms in total. The van der Waals surface area contributed by atoms with E-state index < -0.39 is 15.8 Å². The molecule has 26 heavy (non-hydrogen) atoms. The van der Waals surface area contributed by atoms with E-state index in [-0.39, 0.29) is 10.7 Å². The summed E-state index contributed by atoms with van der Waals surface area (Å²) in [4.78, 5) is 4.66. The number of halogens is 1. The average Bonchev–Trinajstić information content (AvgIpc) is 3.03. The molecule has 0 saturated carbocycles. The highest BCUT2D eigenvalue weighted by Gasteiger charge is 2.25. The van der Waals surface area contributed by atoms with Crippen molar-refractivity contribution in [3.8, 4) is 11.4 Å². The van der Waals surface area contributed by atoms with Crippen molar-refractivity contribution < 1.29 is 12.8 Å². The van der Waals surface area contributed by atoms with Crippen LogP contribution in [0.1, 0.15) is 5.56 Å². The van der Waals surface area contributed by atoms with E-state index in [0.717, 1.165) is 5.56 Å². The first-order valence-corrected chi connectivity index (χ1v) is 9.46. The molecular formula is C20H15FN2O2S. The largest absolute Gasteiger partial charge is 0.269 e. The molecule has 0 aliphatic rings. The quantitative estimate of drug-likeness (QED) is 0.540. The van der Waals surface area contributed by atoms with E-state index in [1.807, 2.05) is 6.92 Å². The van der Waals surface area contributed by atoms with E-state index >= 15 is 0 Å². The summed E-state index contributed by atoms with van der Waals surface area (Å²) in [6, 6.07) is 19.3. The molecule has 130 valence electrons. The molecule has 0 unspecified atom stereocenters. The molecule has 0 radical (unpaired) electrons. The Kier molecular flexibility index (Phi) is 3.85. The lowest BCUT2D eigenvalue weighted by molar-refractivity contribution is 0.589. The van der Waals surface area contributed by atoms with Crippen molar-refractivity contribution in [1.29, 1.82) is 0 Å².